The Morgan fingerprint density at radius 1 is 1.03 bits per heavy atom. The van der Waals surface area contributed by atoms with Crippen molar-refractivity contribution in [2.75, 3.05) is 13.2 Å². The normalized spacial score (nSPS) is 14.4. The highest BCUT2D eigenvalue weighted by Crippen LogP contribution is 2.36. The van der Waals surface area contributed by atoms with Crippen molar-refractivity contribution in [2.24, 2.45) is 0 Å². The van der Waals surface area contributed by atoms with Crippen molar-refractivity contribution in [1.29, 1.82) is 0 Å². The van der Waals surface area contributed by atoms with E-state index in [-0.39, 0.29) is 24.8 Å². The Morgan fingerprint density at radius 2 is 1.74 bits per heavy atom. The zero-order chi connectivity index (χ0) is 24.8. The number of rotatable bonds is 9. The van der Waals surface area contributed by atoms with Crippen LogP contribution >= 0.6 is 39.9 Å². The Morgan fingerprint density at radius 3 is 2.46 bits per heavy atom. The summed E-state index contributed by atoms with van der Waals surface area (Å²) in [5.41, 5.74) is 1.27. The fourth-order valence-corrected chi connectivity index (χ4v) is 4.79. The quantitative estimate of drug-likeness (QED) is 0.0992. The molecule has 0 saturated carbocycles. The van der Waals surface area contributed by atoms with E-state index in [0.717, 1.165) is 21.8 Å². The molecular formula is C25H19BrN2O5S2. The van der Waals surface area contributed by atoms with Gasteiger partial charge in [-0.3, -0.25) is 19.8 Å². The molecule has 10 heteroatoms. The predicted octanol–water partition coefficient (Wildman–Crippen LogP) is 6.22. The van der Waals surface area contributed by atoms with Crippen molar-refractivity contribution in [1.82, 2.24) is 4.90 Å². The van der Waals surface area contributed by atoms with Gasteiger partial charge in [-0.15, -0.1) is 0 Å². The fourth-order valence-electron chi connectivity index (χ4n) is 3.28. The molecule has 0 aromatic heterocycles. The van der Waals surface area contributed by atoms with E-state index in [9.17, 15) is 14.9 Å². The number of carbonyl (C=O) groups excluding carboxylic acids is 1. The largest absolute Gasteiger partial charge is 0.490 e. The number of amides is 1. The third kappa shape index (κ3) is 6.47. The average molecular weight is 571 g/mol. The van der Waals surface area contributed by atoms with Gasteiger partial charge in [0.1, 0.15) is 29.0 Å². The van der Waals surface area contributed by atoms with Crippen molar-refractivity contribution in [2.45, 2.75) is 6.54 Å². The van der Waals surface area contributed by atoms with Crippen molar-refractivity contribution < 1.29 is 19.2 Å². The average Bonchev–Trinajstić information content (AvgIpc) is 3.11. The number of thiocarbonyl (C=S) groups is 1. The first-order chi connectivity index (χ1) is 16.9. The predicted molar refractivity (Wildman–Crippen MR) is 143 cm³/mol. The summed E-state index contributed by atoms with van der Waals surface area (Å²) in [4.78, 5) is 25.8. The topological polar surface area (TPSA) is 81.9 Å². The lowest BCUT2D eigenvalue weighted by Crippen LogP contribution is -2.27. The van der Waals surface area contributed by atoms with E-state index in [1.807, 2.05) is 54.6 Å². The standard InChI is InChI=1S/C25H19BrN2O5S2/c26-19-6-9-21(10-7-19)32-12-13-33-22-11-8-20(28(30)31)14-18(22)15-23-24(29)27(25(34)35-23)16-17-4-2-1-3-5-17/h1-11,14-15H,12-13,16H2/b23-15+. The minimum absolute atomic E-state index is 0.102. The number of hydrogen-bond donors (Lipinski definition) is 0. The van der Waals surface area contributed by atoms with E-state index in [0.29, 0.717) is 32.8 Å². The third-order valence-electron chi connectivity index (χ3n) is 4.97. The Labute approximate surface area is 220 Å². The maximum absolute atomic E-state index is 13.0. The van der Waals surface area contributed by atoms with Gasteiger partial charge in [-0.2, -0.15) is 0 Å². The summed E-state index contributed by atoms with van der Waals surface area (Å²) in [6.07, 6.45) is 1.59. The van der Waals surface area contributed by atoms with Crippen LogP contribution in [0, 0.1) is 10.1 Å². The second-order valence-corrected chi connectivity index (χ2v) is 9.97. The molecule has 0 N–H and O–H groups in total. The lowest BCUT2D eigenvalue weighted by molar-refractivity contribution is -0.384. The number of non-ortho nitro benzene ring substituents is 1. The molecule has 3 aromatic rings. The summed E-state index contributed by atoms with van der Waals surface area (Å²) in [5.74, 6) is 0.853. The zero-order valence-corrected chi connectivity index (χ0v) is 21.5. The molecule has 1 saturated heterocycles. The Kier molecular flexibility index (Phi) is 8.17. The SMILES string of the molecule is O=C1/C(=C\c2cc([N+](=O)[O-])ccc2OCCOc2ccc(Br)cc2)SC(=S)N1Cc1ccccc1. The molecule has 7 nitrogen and oxygen atoms in total. The van der Waals surface area contributed by atoms with Crippen LogP contribution in [0.2, 0.25) is 0 Å². The van der Waals surface area contributed by atoms with Crippen LogP contribution in [-0.2, 0) is 11.3 Å². The first kappa shape index (κ1) is 24.9. The number of nitro groups is 1. The van der Waals surface area contributed by atoms with Gasteiger partial charge >= 0.3 is 0 Å². The molecule has 0 bridgehead atoms. The molecular weight excluding hydrogens is 552 g/mol. The zero-order valence-electron chi connectivity index (χ0n) is 18.3. The van der Waals surface area contributed by atoms with Crippen LogP contribution in [0.1, 0.15) is 11.1 Å². The minimum atomic E-state index is -0.488. The Bertz CT molecular complexity index is 1280. The number of nitrogens with zero attached hydrogens (tertiary/aromatic N) is 2. The lowest BCUT2D eigenvalue weighted by atomic mass is 10.1. The molecule has 0 radical (unpaired) electrons. The Hall–Kier alpha value is -3.21. The Balaban J connectivity index is 1.49. The second-order valence-electron chi connectivity index (χ2n) is 7.38. The van der Waals surface area contributed by atoms with Crippen LogP contribution < -0.4 is 9.47 Å². The molecule has 1 aliphatic heterocycles. The molecule has 4 rings (SSSR count). The molecule has 1 amide bonds. The van der Waals surface area contributed by atoms with Crippen LogP contribution in [0.4, 0.5) is 5.69 Å². The van der Waals surface area contributed by atoms with Crippen molar-refractivity contribution in [3.05, 3.63) is 103 Å². The monoisotopic (exact) mass is 570 g/mol. The van der Waals surface area contributed by atoms with E-state index in [4.69, 9.17) is 21.7 Å². The summed E-state index contributed by atoms with van der Waals surface area (Å²) in [6.45, 7) is 0.843. The molecule has 3 aromatic carbocycles. The van der Waals surface area contributed by atoms with Gasteiger partial charge in [0, 0.05) is 22.2 Å². The maximum Gasteiger partial charge on any atom is 0.270 e. The van der Waals surface area contributed by atoms with Crippen LogP contribution in [0.5, 0.6) is 11.5 Å². The van der Waals surface area contributed by atoms with Gasteiger partial charge in [-0.25, -0.2) is 0 Å². The van der Waals surface area contributed by atoms with Gasteiger partial charge in [-0.05, 0) is 42.0 Å². The van der Waals surface area contributed by atoms with Crippen LogP contribution in [0.25, 0.3) is 6.08 Å². The van der Waals surface area contributed by atoms with Crippen molar-refractivity contribution >= 4 is 61.9 Å². The summed E-state index contributed by atoms with van der Waals surface area (Å²) in [6, 6.07) is 21.2. The van der Waals surface area contributed by atoms with Gasteiger partial charge in [-0.1, -0.05) is 70.2 Å². The number of nitro benzene ring substituents is 1. The molecule has 0 unspecified atom stereocenters. The number of hydrogen-bond acceptors (Lipinski definition) is 7. The molecule has 35 heavy (non-hydrogen) atoms. The van der Waals surface area contributed by atoms with Crippen LogP contribution in [0.3, 0.4) is 0 Å². The highest BCUT2D eigenvalue weighted by Gasteiger charge is 2.32. The first-order valence-electron chi connectivity index (χ1n) is 10.5. The number of carbonyl (C=O) groups is 1. The molecule has 1 heterocycles. The number of halogens is 1. The maximum atomic E-state index is 13.0. The van der Waals surface area contributed by atoms with E-state index >= 15 is 0 Å². The molecule has 1 fully saturated rings. The molecule has 0 spiro atoms. The van der Waals surface area contributed by atoms with Crippen molar-refractivity contribution in [3.63, 3.8) is 0 Å². The van der Waals surface area contributed by atoms with Crippen molar-refractivity contribution in [3.8, 4) is 11.5 Å². The van der Waals surface area contributed by atoms with Gasteiger partial charge in [0.25, 0.3) is 11.6 Å². The number of thioether (sulfide) groups is 1. The summed E-state index contributed by atoms with van der Waals surface area (Å²) < 4.78 is 12.9. The van der Waals surface area contributed by atoms with Gasteiger partial charge in [0.2, 0.25) is 0 Å². The lowest BCUT2D eigenvalue weighted by Gasteiger charge is -2.14. The minimum Gasteiger partial charge on any atom is -0.490 e. The van der Waals surface area contributed by atoms with E-state index in [1.165, 1.54) is 23.1 Å². The van der Waals surface area contributed by atoms with Gasteiger partial charge < -0.3 is 9.47 Å². The molecule has 0 aliphatic carbocycles. The van der Waals surface area contributed by atoms with E-state index in [2.05, 4.69) is 15.9 Å². The fraction of sp³-hybridized carbons (Fsp3) is 0.120. The van der Waals surface area contributed by atoms with Gasteiger partial charge in [0.15, 0.2) is 0 Å². The second kappa shape index (κ2) is 11.5. The highest BCUT2D eigenvalue weighted by atomic mass is 79.9. The molecule has 0 atom stereocenters. The van der Waals surface area contributed by atoms with Gasteiger partial charge in [0.05, 0.1) is 16.4 Å². The third-order valence-corrected chi connectivity index (χ3v) is 6.88. The summed E-state index contributed by atoms with van der Waals surface area (Å²) in [5, 5.41) is 11.3. The number of benzene rings is 3. The smallest absolute Gasteiger partial charge is 0.270 e. The number of ether oxygens (including phenoxy) is 2. The molecule has 1 aliphatic rings. The van der Waals surface area contributed by atoms with E-state index in [1.54, 1.807) is 6.08 Å². The highest BCUT2D eigenvalue weighted by molar-refractivity contribution is 9.10. The van der Waals surface area contributed by atoms with Crippen LogP contribution in [0.15, 0.2) is 82.2 Å². The summed E-state index contributed by atoms with van der Waals surface area (Å²) >= 11 is 9.95. The molecule has 178 valence electrons. The van der Waals surface area contributed by atoms with E-state index < -0.39 is 4.92 Å². The summed E-state index contributed by atoms with van der Waals surface area (Å²) in [7, 11) is 0. The van der Waals surface area contributed by atoms with Crippen LogP contribution in [-0.4, -0.2) is 33.3 Å². The first-order valence-corrected chi connectivity index (χ1v) is 12.5.